The van der Waals surface area contributed by atoms with Crippen LogP contribution in [0.2, 0.25) is 0 Å². The van der Waals surface area contributed by atoms with Crippen LogP contribution in [0, 0.1) is 0 Å². The number of hydrogen-bond donors (Lipinski definition) is 0. The number of aryl methyl sites for hydroxylation is 1. The molecule has 3 heterocycles. The Balaban J connectivity index is 1.61. The van der Waals surface area contributed by atoms with Crippen LogP contribution in [0.25, 0.3) is 0 Å². The van der Waals surface area contributed by atoms with E-state index in [-0.39, 0.29) is 18.1 Å². The lowest BCUT2D eigenvalue weighted by molar-refractivity contribution is -0.0870. The van der Waals surface area contributed by atoms with Crippen LogP contribution in [0.1, 0.15) is 41.2 Å². The smallest absolute Gasteiger partial charge is 0.257 e. The van der Waals surface area contributed by atoms with Crippen LogP contribution in [-0.4, -0.2) is 70.9 Å². The molecule has 120 valence electrons. The van der Waals surface area contributed by atoms with Crippen LogP contribution in [0.5, 0.6) is 0 Å². The lowest BCUT2D eigenvalue weighted by atomic mass is 9.98. The summed E-state index contributed by atoms with van der Waals surface area (Å²) in [6.07, 6.45) is 5.31. The zero-order valence-electron chi connectivity index (χ0n) is 13.4. The predicted octanol–water partition coefficient (Wildman–Crippen LogP) is 0.843. The Labute approximate surface area is 131 Å². The molecule has 1 amide bonds. The zero-order chi connectivity index (χ0) is 15.3. The highest BCUT2D eigenvalue weighted by molar-refractivity contribution is 5.95. The normalized spacial score (nSPS) is 29.5. The molecular formula is C16H24N4O2. The molecule has 3 aliphatic rings. The number of amides is 1. The van der Waals surface area contributed by atoms with Gasteiger partial charge in [0.2, 0.25) is 0 Å². The summed E-state index contributed by atoms with van der Waals surface area (Å²) in [7, 11) is 4.06. The van der Waals surface area contributed by atoms with E-state index in [0.29, 0.717) is 19.1 Å². The van der Waals surface area contributed by atoms with E-state index in [4.69, 9.17) is 4.74 Å². The fraction of sp³-hybridized carbons (Fsp3) is 0.750. The van der Waals surface area contributed by atoms with E-state index in [1.54, 1.807) is 6.20 Å². The summed E-state index contributed by atoms with van der Waals surface area (Å²) < 4.78 is 7.79. The minimum Gasteiger partial charge on any atom is -0.374 e. The molecule has 1 saturated carbocycles. The summed E-state index contributed by atoms with van der Waals surface area (Å²) in [6, 6.07) is 0.173. The van der Waals surface area contributed by atoms with Crippen molar-refractivity contribution in [3.8, 4) is 0 Å². The molecule has 0 N–H and O–H groups in total. The molecule has 0 aromatic carbocycles. The second kappa shape index (κ2) is 5.35. The van der Waals surface area contributed by atoms with Crippen LogP contribution >= 0.6 is 0 Å². The van der Waals surface area contributed by atoms with Gasteiger partial charge < -0.3 is 14.5 Å². The Kier molecular flexibility index (Phi) is 3.46. The molecule has 3 fully saturated rings. The van der Waals surface area contributed by atoms with E-state index in [9.17, 15) is 4.79 Å². The molecular weight excluding hydrogens is 280 g/mol. The van der Waals surface area contributed by atoms with Crippen molar-refractivity contribution in [2.24, 2.45) is 7.05 Å². The van der Waals surface area contributed by atoms with Gasteiger partial charge in [0, 0.05) is 32.6 Å². The number of carbonyl (C=O) groups excluding carboxylic acids is 1. The first-order chi connectivity index (χ1) is 10.6. The Hall–Kier alpha value is -1.40. The predicted molar refractivity (Wildman–Crippen MR) is 81.9 cm³/mol. The number of aromatic nitrogens is 2. The second-order valence-electron chi connectivity index (χ2n) is 6.87. The average Bonchev–Trinajstić information content (AvgIpc) is 3.28. The maximum atomic E-state index is 13.1. The molecule has 1 aromatic heterocycles. The standard InChI is InChI=1S/C16H24N4O2/c1-18-6-5-14-13(10-18)20(7-8-22-14)16(21)12-9-17-19(2)15(12)11-3-4-11/h9,11,13-14H,3-8,10H2,1-2H3/t13-,14-/m1/s1. The number of nitrogens with zero attached hydrogens (tertiary/aromatic N) is 4. The monoisotopic (exact) mass is 304 g/mol. The molecule has 0 radical (unpaired) electrons. The van der Waals surface area contributed by atoms with Crippen molar-refractivity contribution in [2.45, 2.75) is 37.3 Å². The number of carbonyl (C=O) groups is 1. The van der Waals surface area contributed by atoms with Gasteiger partial charge in [0.05, 0.1) is 36.2 Å². The summed E-state index contributed by atoms with van der Waals surface area (Å²) in [6.45, 7) is 3.28. The summed E-state index contributed by atoms with van der Waals surface area (Å²) >= 11 is 0. The largest absolute Gasteiger partial charge is 0.374 e. The summed E-state index contributed by atoms with van der Waals surface area (Å²) in [5.74, 6) is 0.668. The van der Waals surface area contributed by atoms with Gasteiger partial charge in [0.15, 0.2) is 0 Å². The van der Waals surface area contributed by atoms with Gasteiger partial charge in [0.1, 0.15) is 0 Å². The van der Waals surface area contributed by atoms with E-state index < -0.39 is 0 Å². The van der Waals surface area contributed by atoms with E-state index in [0.717, 1.165) is 30.8 Å². The number of hydrogen-bond acceptors (Lipinski definition) is 4. The van der Waals surface area contributed by atoms with Gasteiger partial charge in [-0.25, -0.2) is 0 Å². The summed E-state index contributed by atoms with van der Waals surface area (Å²) in [5, 5.41) is 4.34. The first kappa shape index (κ1) is 14.2. The number of rotatable bonds is 2. The van der Waals surface area contributed by atoms with E-state index >= 15 is 0 Å². The van der Waals surface area contributed by atoms with Crippen molar-refractivity contribution in [2.75, 3.05) is 33.3 Å². The summed E-state index contributed by atoms with van der Waals surface area (Å²) in [5.41, 5.74) is 1.93. The molecule has 6 heteroatoms. The minimum atomic E-state index is 0.142. The van der Waals surface area contributed by atoms with Crippen molar-refractivity contribution < 1.29 is 9.53 Å². The summed E-state index contributed by atoms with van der Waals surface area (Å²) in [4.78, 5) is 17.5. The van der Waals surface area contributed by atoms with Crippen LogP contribution in [-0.2, 0) is 11.8 Å². The van der Waals surface area contributed by atoms with E-state index in [1.165, 1.54) is 12.8 Å². The van der Waals surface area contributed by atoms with Gasteiger partial charge in [0.25, 0.3) is 5.91 Å². The molecule has 0 unspecified atom stereocenters. The van der Waals surface area contributed by atoms with Crippen molar-refractivity contribution in [3.63, 3.8) is 0 Å². The maximum absolute atomic E-state index is 13.1. The number of piperidine rings is 1. The quantitative estimate of drug-likeness (QED) is 0.812. The van der Waals surface area contributed by atoms with Gasteiger partial charge >= 0.3 is 0 Å². The van der Waals surface area contributed by atoms with E-state index in [1.807, 2.05) is 16.6 Å². The second-order valence-corrected chi connectivity index (χ2v) is 6.87. The molecule has 6 nitrogen and oxygen atoms in total. The lowest BCUT2D eigenvalue weighted by Gasteiger charge is -2.46. The van der Waals surface area contributed by atoms with Crippen LogP contribution in [0.15, 0.2) is 6.20 Å². The van der Waals surface area contributed by atoms with Crippen molar-refractivity contribution in [1.82, 2.24) is 19.6 Å². The molecule has 1 aliphatic carbocycles. The highest BCUT2D eigenvalue weighted by Crippen LogP contribution is 2.41. The van der Waals surface area contributed by atoms with Crippen molar-refractivity contribution in [1.29, 1.82) is 0 Å². The van der Waals surface area contributed by atoms with Crippen molar-refractivity contribution >= 4 is 5.91 Å². The van der Waals surface area contributed by atoms with Crippen LogP contribution in [0.3, 0.4) is 0 Å². The molecule has 1 aromatic rings. The number of likely N-dealkylation sites (N-methyl/N-ethyl adjacent to an activating group) is 1. The molecule has 0 bridgehead atoms. The zero-order valence-corrected chi connectivity index (χ0v) is 13.4. The number of fused-ring (bicyclic) bond motifs is 1. The van der Waals surface area contributed by atoms with Gasteiger partial charge in [-0.15, -0.1) is 0 Å². The van der Waals surface area contributed by atoms with Crippen LogP contribution < -0.4 is 0 Å². The third-order valence-electron chi connectivity index (χ3n) is 5.23. The molecule has 2 atom stereocenters. The Morgan fingerprint density at radius 2 is 2.09 bits per heavy atom. The Bertz CT molecular complexity index is 581. The number of morpholine rings is 1. The number of likely N-dealkylation sites (tertiary alicyclic amines) is 1. The maximum Gasteiger partial charge on any atom is 0.257 e. The first-order valence-electron chi connectivity index (χ1n) is 8.28. The average molecular weight is 304 g/mol. The topological polar surface area (TPSA) is 50.6 Å². The van der Waals surface area contributed by atoms with Gasteiger partial charge in [-0.05, 0) is 26.3 Å². The van der Waals surface area contributed by atoms with E-state index in [2.05, 4.69) is 17.0 Å². The highest BCUT2D eigenvalue weighted by atomic mass is 16.5. The SMILES string of the molecule is CN1CC[C@H]2OCCN(C(=O)c3cnn(C)c3C3CC3)[C@@H]2C1. The molecule has 2 aliphatic heterocycles. The van der Waals surface area contributed by atoms with Gasteiger partial charge in [-0.3, -0.25) is 9.48 Å². The van der Waals surface area contributed by atoms with Crippen LogP contribution in [0.4, 0.5) is 0 Å². The molecule has 22 heavy (non-hydrogen) atoms. The Morgan fingerprint density at radius 1 is 1.27 bits per heavy atom. The Morgan fingerprint density at radius 3 is 2.86 bits per heavy atom. The third-order valence-corrected chi connectivity index (χ3v) is 5.23. The highest BCUT2D eigenvalue weighted by Gasteiger charge is 2.40. The first-order valence-corrected chi connectivity index (χ1v) is 8.28. The molecule has 4 rings (SSSR count). The fourth-order valence-corrected chi connectivity index (χ4v) is 3.89. The number of ether oxygens (including phenoxy) is 1. The fourth-order valence-electron chi connectivity index (χ4n) is 3.89. The van der Waals surface area contributed by atoms with Gasteiger partial charge in [-0.1, -0.05) is 0 Å². The minimum absolute atomic E-state index is 0.142. The lowest BCUT2D eigenvalue weighted by Crippen LogP contribution is -2.60. The van der Waals surface area contributed by atoms with Crippen molar-refractivity contribution in [3.05, 3.63) is 17.5 Å². The van der Waals surface area contributed by atoms with Gasteiger partial charge in [-0.2, -0.15) is 5.10 Å². The third kappa shape index (κ3) is 2.34. The molecule has 2 saturated heterocycles. The molecule has 0 spiro atoms.